The average molecular weight is 190 g/mol. The molecule has 1 N–H and O–H groups in total. The fourth-order valence-electron chi connectivity index (χ4n) is 1.34. The smallest absolute Gasteiger partial charge is 0.165 e. The first-order valence-electron chi connectivity index (χ1n) is 4.82. The molecule has 14 heavy (non-hydrogen) atoms. The lowest BCUT2D eigenvalue weighted by molar-refractivity contribution is 0.688. The van der Waals surface area contributed by atoms with E-state index in [9.17, 15) is 0 Å². The number of hydrogen-bond donors (Lipinski definition) is 1. The first kappa shape index (κ1) is 9.15. The molecular formula is C10H14N4. The summed E-state index contributed by atoms with van der Waals surface area (Å²) < 4.78 is 1.81. The lowest BCUT2D eigenvalue weighted by Crippen LogP contribution is -2.12. The maximum absolute atomic E-state index is 4.40. The monoisotopic (exact) mass is 190 g/mol. The van der Waals surface area contributed by atoms with Gasteiger partial charge < -0.3 is 5.32 Å². The van der Waals surface area contributed by atoms with Crippen molar-refractivity contribution in [3.8, 4) is 0 Å². The zero-order valence-corrected chi connectivity index (χ0v) is 8.49. The van der Waals surface area contributed by atoms with Crippen LogP contribution < -0.4 is 5.32 Å². The van der Waals surface area contributed by atoms with Gasteiger partial charge >= 0.3 is 0 Å². The van der Waals surface area contributed by atoms with Crippen LogP contribution in [0.4, 0.5) is 0 Å². The number of nitrogens with zero attached hydrogens (tertiary/aromatic N) is 3. The average Bonchev–Trinajstić information content (AvgIpc) is 2.56. The van der Waals surface area contributed by atoms with Crippen LogP contribution in [0, 0.1) is 6.92 Å². The Morgan fingerprint density at radius 3 is 3.14 bits per heavy atom. The summed E-state index contributed by atoms with van der Waals surface area (Å²) in [4.78, 5) is 4.40. The molecule has 2 aromatic rings. The fourth-order valence-corrected chi connectivity index (χ4v) is 1.34. The molecule has 0 aromatic carbocycles. The zero-order chi connectivity index (χ0) is 9.97. The third-order valence-corrected chi connectivity index (χ3v) is 2.07. The Morgan fingerprint density at radius 1 is 1.50 bits per heavy atom. The molecule has 0 spiro atoms. The molecule has 0 unspecified atom stereocenters. The lowest BCUT2D eigenvalue weighted by Gasteiger charge is -1.92. The van der Waals surface area contributed by atoms with Crippen LogP contribution in [0.1, 0.15) is 18.3 Å². The van der Waals surface area contributed by atoms with E-state index in [4.69, 9.17) is 0 Å². The zero-order valence-electron chi connectivity index (χ0n) is 8.49. The molecule has 2 rings (SSSR count). The standard InChI is InChI=1S/C10H14N4/c1-3-11-7-9-12-10-6-8(2)4-5-14(10)13-9/h4-6,11H,3,7H2,1-2H3. The normalized spacial score (nSPS) is 11.0. The van der Waals surface area contributed by atoms with Gasteiger partial charge in [-0.2, -0.15) is 0 Å². The summed E-state index contributed by atoms with van der Waals surface area (Å²) in [5.74, 6) is 0.845. The van der Waals surface area contributed by atoms with Crippen LogP contribution in [-0.4, -0.2) is 21.1 Å². The predicted octanol–water partition coefficient (Wildman–Crippen LogP) is 1.15. The quantitative estimate of drug-likeness (QED) is 0.789. The van der Waals surface area contributed by atoms with Crippen molar-refractivity contribution < 1.29 is 0 Å². The van der Waals surface area contributed by atoms with Crippen molar-refractivity contribution in [2.24, 2.45) is 0 Å². The molecule has 0 saturated heterocycles. The van der Waals surface area contributed by atoms with Crippen LogP contribution in [-0.2, 0) is 6.54 Å². The summed E-state index contributed by atoms with van der Waals surface area (Å²) >= 11 is 0. The van der Waals surface area contributed by atoms with Crippen molar-refractivity contribution in [2.75, 3.05) is 6.54 Å². The first-order valence-corrected chi connectivity index (χ1v) is 4.82. The highest BCUT2D eigenvalue weighted by Gasteiger charge is 2.01. The fraction of sp³-hybridized carbons (Fsp3) is 0.400. The number of pyridine rings is 1. The van der Waals surface area contributed by atoms with E-state index in [1.54, 1.807) is 4.52 Å². The molecule has 0 saturated carbocycles. The SMILES string of the molecule is CCNCc1nc2cc(C)ccn2n1. The Balaban J connectivity index is 2.32. The van der Waals surface area contributed by atoms with Gasteiger partial charge in [0.15, 0.2) is 11.5 Å². The highest BCUT2D eigenvalue weighted by molar-refractivity contribution is 5.39. The number of nitrogens with one attached hydrogen (secondary N) is 1. The summed E-state index contributed by atoms with van der Waals surface area (Å²) in [6.07, 6.45) is 1.94. The molecule has 0 aliphatic rings. The second-order valence-corrected chi connectivity index (χ2v) is 3.32. The molecule has 4 nitrogen and oxygen atoms in total. The highest BCUT2D eigenvalue weighted by Crippen LogP contribution is 2.04. The summed E-state index contributed by atoms with van der Waals surface area (Å²) in [5, 5.41) is 7.54. The highest BCUT2D eigenvalue weighted by atomic mass is 15.3. The lowest BCUT2D eigenvalue weighted by atomic mass is 10.3. The Labute approximate surface area is 83.0 Å². The van der Waals surface area contributed by atoms with Gasteiger partial charge in [-0.15, -0.1) is 5.10 Å². The largest absolute Gasteiger partial charge is 0.310 e. The van der Waals surface area contributed by atoms with Crippen molar-refractivity contribution in [3.63, 3.8) is 0 Å². The Morgan fingerprint density at radius 2 is 2.36 bits per heavy atom. The summed E-state index contributed by atoms with van der Waals surface area (Å²) in [6, 6.07) is 4.06. The molecule has 0 atom stereocenters. The number of fused-ring (bicyclic) bond motifs is 1. The van der Waals surface area contributed by atoms with Crippen molar-refractivity contribution in [1.82, 2.24) is 19.9 Å². The Hall–Kier alpha value is -1.42. The summed E-state index contributed by atoms with van der Waals surface area (Å²) in [6.45, 7) is 5.80. The Kier molecular flexibility index (Phi) is 2.45. The van der Waals surface area contributed by atoms with Crippen molar-refractivity contribution >= 4 is 5.65 Å². The molecule has 0 aliphatic carbocycles. The predicted molar refractivity (Wildman–Crippen MR) is 55.1 cm³/mol. The third kappa shape index (κ3) is 1.75. The second-order valence-electron chi connectivity index (χ2n) is 3.32. The van der Waals surface area contributed by atoms with Crippen molar-refractivity contribution in [1.29, 1.82) is 0 Å². The maximum atomic E-state index is 4.40. The first-order chi connectivity index (χ1) is 6.79. The van der Waals surface area contributed by atoms with Gasteiger partial charge in [0.2, 0.25) is 0 Å². The Bertz CT molecular complexity index is 433. The third-order valence-electron chi connectivity index (χ3n) is 2.07. The minimum absolute atomic E-state index is 0.733. The van der Waals surface area contributed by atoms with Crippen LogP contribution in [0.3, 0.4) is 0 Å². The second kappa shape index (κ2) is 3.75. The molecule has 0 bridgehead atoms. The van der Waals surface area contributed by atoms with Crippen LogP contribution >= 0.6 is 0 Å². The van der Waals surface area contributed by atoms with E-state index in [-0.39, 0.29) is 0 Å². The van der Waals surface area contributed by atoms with E-state index < -0.39 is 0 Å². The molecule has 0 amide bonds. The molecule has 4 heteroatoms. The van der Waals surface area contributed by atoms with Crippen LogP contribution in [0.15, 0.2) is 18.3 Å². The van der Waals surface area contributed by atoms with Crippen LogP contribution in [0.25, 0.3) is 5.65 Å². The van der Waals surface area contributed by atoms with Gasteiger partial charge in [-0.3, -0.25) is 0 Å². The van der Waals surface area contributed by atoms with E-state index in [2.05, 4.69) is 29.2 Å². The molecular weight excluding hydrogens is 176 g/mol. The molecule has 0 radical (unpaired) electrons. The molecule has 0 aliphatic heterocycles. The summed E-state index contributed by atoms with van der Waals surface area (Å²) in [5.41, 5.74) is 2.12. The maximum Gasteiger partial charge on any atom is 0.165 e. The van der Waals surface area contributed by atoms with Gasteiger partial charge in [0.05, 0.1) is 6.54 Å². The van der Waals surface area contributed by atoms with Gasteiger partial charge in [-0.1, -0.05) is 6.92 Å². The minimum Gasteiger partial charge on any atom is -0.310 e. The van der Waals surface area contributed by atoms with Gasteiger partial charge in [-0.05, 0) is 31.2 Å². The number of hydrogen-bond acceptors (Lipinski definition) is 3. The van der Waals surface area contributed by atoms with Gasteiger partial charge in [0.1, 0.15) is 0 Å². The van der Waals surface area contributed by atoms with E-state index in [0.717, 1.165) is 24.6 Å². The minimum atomic E-state index is 0.733. The van der Waals surface area contributed by atoms with E-state index >= 15 is 0 Å². The summed E-state index contributed by atoms with van der Waals surface area (Å²) in [7, 11) is 0. The molecule has 2 heterocycles. The number of aryl methyl sites for hydroxylation is 1. The van der Waals surface area contributed by atoms with Crippen molar-refractivity contribution in [2.45, 2.75) is 20.4 Å². The molecule has 2 aromatic heterocycles. The topological polar surface area (TPSA) is 42.2 Å². The molecule has 0 fully saturated rings. The number of aromatic nitrogens is 3. The molecule has 74 valence electrons. The van der Waals surface area contributed by atoms with Crippen LogP contribution in [0.5, 0.6) is 0 Å². The van der Waals surface area contributed by atoms with E-state index in [0.29, 0.717) is 0 Å². The van der Waals surface area contributed by atoms with Crippen molar-refractivity contribution in [3.05, 3.63) is 29.7 Å². The number of rotatable bonds is 3. The van der Waals surface area contributed by atoms with Gasteiger partial charge in [0, 0.05) is 6.20 Å². The van der Waals surface area contributed by atoms with E-state index in [1.165, 1.54) is 5.56 Å². The van der Waals surface area contributed by atoms with Gasteiger partial charge in [0.25, 0.3) is 0 Å². The van der Waals surface area contributed by atoms with E-state index in [1.807, 2.05) is 18.3 Å². The van der Waals surface area contributed by atoms with Gasteiger partial charge in [-0.25, -0.2) is 9.50 Å². The van der Waals surface area contributed by atoms with Crippen LogP contribution in [0.2, 0.25) is 0 Å².